The molecule has 1 aliphatic carbocycles. The Morgan fingerprint density at radius 1 is 1.22 bits per heavy atom. The molecule has 2 heteroatoms. The van der Waals surface area contributed by atoms with Gasteiger partial charge in [0.05, 0.1) is 0 Å². The number of hydrogen-bond acceptors (Lipinski definition) is 2. The first-order valence-electron chi connectivity index (χ1n) is 7.68. The second kappa shape index (κ2) is 4.49. The molecular formula is C16H32N2. The molecule has 0 aromatic heterocycles. The van der Waals surface area contributed by atoms with Gasteiger partial charge in [-0.2, -0.15) is 0 Å². The molecule has 2 atom stereocenters. The minimum absolute atomic E-state index is 0.271. The molecule has 1 heterocycles. The molecule has 0 aromatic carbocycles. The molecule has 0 spiro atoms. The molecule has 106 valence electrons. The standard InChI is InChI=1S/C16H32N2/c1-14(2,3)13-7-10-18(11-13)16(12-17)9-6-8-15(16,4)5/h13H,6-12,17H2,1-5H3. The van der Waals surface area contributed by atoms with E-state index in [4.69, 9.17) is 5.73 Å². The Bertz CT molecular complexity index is 303. The molecule has 2 nitrogen and oxygen atoms in total. The summed E-state index contributed by atoms with van der Waals surface area (Å²) in [5, 5.41) is 0. The van der Waals surface area contributed by atoms with Crippen LogP contribution in [-0.4, -0.2) is 30.1 Å². The quantitative estimate of drug-likeness (QED) is 0.817. The van der Waals surface area contributed by atoms with Gasteiger partial charge in [0.15, 0.2) is 0 Å². The maximum atomic E-state index is 6.24. The van der Waals surface area contributed by atoms with Crippen molar-refractivity contribution in [3.05, 3.63) is 0 Å². The monoisotopic (exact) mass is 252 g/mol. The SMILES string of the molecule is CC(C)(C)C1CCN(C2(CN)CCCC2(C)C)C1. The lowest BCUT2D eigenvalue weighted by Crippen LogP contribution is -2.59. The number of nitrogens with zero attached hydrogens (tertiary/aromatic N) is 1. The Morgan fingerprint density at radius 3 is 2.28 bits per heavy atom. The zero-order valence-electron chi connectivity index (χ0n) is 13.1. The number of nitrogens with two attached hydrogens (primary N) is 1. The minimum atomic E-state index is 0.271. The Balaban J connectivity index is 2.17. The molecular weight excluding hydrogens is 220 g/mol. The lowest BCUT2D eigenvalue weighted by atomic mass is 9.73. The Kier molecular flexibility index (Phi) is 3.57. The van der Waals surface area contributed by atoms with E-state index in [1.165, 1.54) is 38.8 Å². The van der Waals surface area contributed by atoms with Gasteiger partial charge in [0.1, 0.15) is 0 Å². The van der Waals surface area contributed by atoms with E-state index in [1.54, 1.807) is 0 Å². The molecule has 18 heavy (non-hydrogen) atoms. The van der Waals surface area contributed by atoms with Crippen LogP contribution in [0.5, 0.6) is 0 Å². The Hall–Kier alpha value is -0.0800. The van der Waals surface area contributed by atoms with Crippen LogP contribution in [0.2, 0.25) is 0 Å². The number of rotatable bonds is 2. The van der Waals surface area contributed by atoms with Crippen LogP contribution in [0.1, 0.15) is 60.3 Å². The minimum Gasteiger partial charge on any atom is -0.329 e. The van der Waals surface area contributed by atoms with Gasteiger partial charge in [0, 0.05) is 18.6 Å². The summed E-state index contributed by atoms with van der Waals surface area (Å²) in [6.07, 6.45) is 5.33. The van der Waals surface area contributed by atoms with E-state index in [1.807, 2.05) is 0 Å². The fraction of sp³-hybridized carbons (Fsp3) is 1.00. The summed E-state index contributed by atoms with van der Waals surface area (Å²) < 4.78 is 0. The van der Waals surface area contributed by atoms with Gasteiger partial charge in [0.25, 0.3) is 0 Å². The molecule has 0 amide bonds. The fourth-order valence-corrected chi connectivity index (χ4v) is 4.34. The summed E-state index contributed by atoms with van der Waals surface area (Å²) in [6, 6.07) is 0. The van der Waals surface area contributed by atoms with E-state index >= 15 is 0 Å². The van der Waals surface area contributed by atoms with Crippen LogP contribution in [0.25, 0.3) is 0 Å². The fourth-order valence-electron chi connectivity index (χ4n) is 4.34. The summed E-state index contributed by atoms with van der Waals surface area (Å²) in [5.41, 5.74) is 7.33. The van der Waals surface area contributed by atoms with Crippen molar-refractivity contribution < 1.29 is 0 Å². The van der Waals surface area contributed by atoms with Crippen molar-refractivity contribution in [2.75, 3.05) is 19.6 Å². The maximum Gasteiger partial charge on any atom is 0.0382 e. The first-order valence-corrected chi connectivity index (χ1v) is 7.68. The molecule has 0 aromatic rings. The van der Waals surface area contributed by atoms with Crippen molar-refractivity contribution in [1.82, 2.24) is 4.90 Å². The highest BCUT2D eigenvalue weighted by Crippen LogP contribution is 2.51. The summed E-state index contributed by atoms with van der Waals surface area (Å²) in [4.78, 5) is 2.75. The normalized spacial score (nSPS) is 37.3. The smallest absolute Gasteiger partial charge is 0.0382 e. The van der Waals surface area contributed by atoms with Crippen molar-refractivity contribution in [2.24, 2.45) is 22.5 Å². The molecule has 2 rings (SSSR count). The topological polar surface area (TPSA) is 29.3 Å². The van der Waals surface area contributed by atoms with E-state index in [2.05, 4.69) is 39.5 Å². The van der Waals surface area contributed by atoms with Crippen LogP contribution in [0.15, 0.2) is 0 Å². The average molecular weight is 252 g/mol. The lowest BCUT2D eigenvalue weighted by Gasteiger charge is -2.48. The van der Waals surface area contributed by atoms with Gasteiger partial charge >= 0.3 is 0 Å². The lowest BCUT2D eigenvalue weighted by molar-refractivity contribution is 0.0242. The zero-order valence-corrected chi connectivity index (χ0v) is 13.1. The third-order valence-corrected chi connectivity index (χ3v) is 6.01. The van der Waals surface area contributed by atoms with Crippen molar-refractivity contribution in [1.29, 1.82) is 0 Å². The van der Waals surface area contributed by atoms with Crippen molar-refractivity contribution in [3.8, 4) is 0 Å². The molecule has 1 saturated heterocycles. The predicted octanol–water partition coefficient (Wildman–Crippen LogP) is 3.26. The van der Waals surface area contributed by atoms with Crippen LogP contribution in [-0.2, 0) is 0 Å². The average Bonchev–Trinajstić information content (AvgIpc) is 2.81. The van der Waals surface area contributed by atoms with Gasteiger partial charge in [-0.05, 0) is 42.6 Å². The second-order valence-corrected chi connectivity index (χ2v) is 8.27. The van der Waals surface area contributed by atoms with Gasteiger partial charge in [-0.25, -0.2) is 0 Å². The van der Waals surface area contributed by atoms with E-state index in [-0.39, 0.29) is 5.54 Å². The highest BCUT2D eigenvalue weighted by molar-refractivity contribution is 5.09. The van der Waals surface area contributed by atoms with Crippen LogP contribution in [0.3, 0.4) is 0 Å². The number of hydrogen-bond donors (Lipinski definition) is 1. The second-order valence-electron chi connectivity index (χ2n) is 8.27. The summed E-state index contributed by atoms with van der Waals surface area (Å²) in [7, 11) is 0. The predicted molar refractivity (Wildman–Crippen MR) is 78.6 cm³/mol. The van der Waals surface area contributed by atoms with Crippen LogP contribution in [0.4, 0.5) is 0 Å². The summed E-state index contributed by atoms with van der Waals surface area (Å²) in [5.74, 6) is 0.831. The zero-order chi connectivity index (χ0) is 13.6. The van der Waals surface area contributed by atoms with E-state index in [0.717, 1.165) is 12.5 Å². The van der Waals surface area contributed by atoms with Crippen LogP contribution < -0.4 is 5.73 Å². The van der Waals surface area contributed by atoms with Gasteiger partial charge in [0.2, 0.25) is 0 Å². The third kappa shape index (κ3) is 2.12. The van der Waals surface area contributed by atoms with Crippen molar-refractivity contribution in [2.45, 2.75) is 65.8 Å². The third-order valence-electron chi connectivity index (χ3n) is 6.01. The molecule has 2 aliphatic rings. The largest absolute Gasteiger partial charge is 0.329 e. The van der Waals surface area contributed by atoms with Gasteiger partial charge in [-0.3, -0.25) is 4.90 Å². The van der Waals surface area contributed by atoms with Crippen molar-refractivity contribution in [3.63, 3.8) is 0 Å². The first kappa shape index (κ1) is 14.3. The molecule has 2 N–H and O–H groups in total. The molecule has 0 bridgehead atoms. The molecule has 2 fully saturated rings. The summed E-state index contributed by atoms with van der Waals surface area (Å²) >= 11 is 0. The van der Waals surface area contributed by atoms with Crippen LogP contribution in [0, 0.1) is 16.7 Å². The highest BCUT2D eigenvalue weighted by atomic mass is 15.2. The molecule has 1 saturated carbocycles. The molecule has 2 unspecified atom stereocenters. The van der Waals surface area contributed by atoms with Crippen LogP contribution >= 0.6 is 0 Å². The van der Waals surface area contributed by atoms with E-state index in [0.29, 0.717) is 10.8 Å². The maximum absolute atomic E-state index is 6.24. The number of likely N-dealkylation sites (tertiary alicyclic amines) is 1. The highest BCUT2D eigenvalue weighted by Gasteiger charge is 2.53. The van der Waals surface area contributed by atoms with Gasteiger partial charge < -0.3 is 5.73 Å². The molecule has 1 aliphatic heterocycles. The molecule has 0 radical (unpaired) electrons. The van der Waals surface area contributed by atoms with Gasteiger partial charge in [-0.15, -0.1) is 0 Å². The van der Waals surface area contributed by atoms with E-state index < -0.39 is 0 Å². The Labute approximate surface area is 113 Å². The van der Waals surface area contributed by atoms with Crippen molar-refractivity contribution >= 4 is 0 Å². The summed E-state index contributed by atoms with van der Waals surface area (Å²) in [6.45, 7) is 15.3. The Morgan fingerprint density at radius 2 is 1.89 bits per heavy atom. The first-order chi connectivity index (χ1) is 8.23. The van der Waals surface area contributed by atoms with E-state index in [9.17, 15) is 0 Å². The van der Waals surface area contributed by atoms with Gasteiger partial charge in [-0.1, -0.05) is 41.0 Å².